The van der Waals surface area contributed by atoms with Crippen molar-refractivity contribution in [3.63, 3.8) is 0 Å². The van der Waals surface area contributed by atoms with Crippen molar-refractivity contribution in [1.82, 2.24) is 4.90 Å². The lowest BCUT2D eigenvalue weighted by molar-refractivity contribution is -0.122. The van der Waals surface area contributed by atoms with Crippen LogP contribution >= 0.6 is 0 Å². The smallest absolute Gasteiger partial charge is 0.255 e. The largest absolute Gasteiger partial charge is 0.491 e. The van der Waals surface area contributed by atoms with E-state index in [0.717, 1.165) is 24.0 Å². The van der Waals surface area contributed by atoms with Gasteiger partial charge in [0, 0.05) is 5.56 Å². The fourth-order valence-electron chi connectivity index (χ4n) is 3.56. The number of aliphatic hydroxyl groups excluding tert-OH is 1. The summed E-state index contributed by atoms with van der Waals surface area (Å²) in [6, 6.07) is 13.6. The van der Waals surface area contributed by atoms with Gasteiger partial charge in [-0.15, -0.1) is 0 Å². The van der Waals surface area contributed by atoms with Crippen molar-refractivity contribution in [1.29, 1.82) is 0 Å². The number of benzene rings is 2. The number of fused-ring (bicyclic) bond motifs is 1. The fraction of sp³-hybridized carbons (Fsp3) is 0.333. The highest BCUT2D eigenvalue weighted by molar-refractivity contribution is 5.97. The van der Waals surface area contributed by atoms with E-state index in [0.29, 0.717) is 11.3 Å². The monoisotopic (exact) mass is 368 g/mol. The summed E-state index contributed by atoms with van der Waals surface area (Å²) < 4.78 is 5.52. The van der Waals surface area contributed by atoms with Crippen molar-refractivity contribution < 1.29 is 19.4 Å². The van der Waals surface area contributed by atoms with Crippen LogP contribution in [0, 0.1) is 0 Å². The number of nitrogens with zero attached hydrogens (tertiary/aromatic N) is 1. The summed E-state index contributed by atoms with van der Waals surface area (Å²) in [5.41, 5.74) is 8.16. The lowest BCUT2D eigenvalue weighted by Crippen LogP contribution is -2.47. The molecule has 0 bridgehead atoms. The number of amides is 2. The first-order valence-electron chi connectivity index (χ1n) is 9.06. The number of hydrogen-bond donors (Lipinski definition) is 2. The molecule has 1 aliphatic rings. The normalized spacial score (nSPS) is 16.4. The topological polar surface area (TPSA) is 92.9 Å². The number of carbonyl (C=O) groups excluding carboxylic acids is 2. The van der Waals surface area contributed by atoms with Gasteiger partial charge in [0.25, 0.3) is 5.91 Å². The molecule has 2 aromatic rings. The van der Waals surface area contributed by atoms with E-state index in [-0.39, 0.29) is 25.2 Å². The molecule has 0 saturated carbocycles. The van der Waals surface area contributed by atoms with Gasteiger partial charge in [0.15, 0.2) is 0 Å². The zero-order valence-corrected chi connectivity index (χ0v) is 15.3. The maximum absolute atomic E-state index is 13.2. The van der Waals surface area contributed by atoms with Crippen LogP contribution in [0.2, 0.25) is 0 Å². The molecule has 6 heteroatoms. The summed E-state index contributed by atoms with van der Waals surface area (Å²) in [5.74, 6) is -0.129. The zero-order chi connectivity index (χ0) is 19.4. The molecule has 0 radical (unpaired) electrons. The minimum atomic E-state index is -0.740. The van der Waals surface area contributed by atoms with Crippen LogP contribution in [-0.4, -0.2) is 41.1 Å². The van der Waals surface area contributed by atoms with Crippen molar-refractivity contribution in [2.45, 2.75) is 31.8 Å². The first-order chi connectivity index (χ1) is 13.0. The summed E-state index contributed by atoms with van der Waals surface area (Å²) in [7, 11) is 0. The Morgan fingerprint density at radius 1 is 1.26 bits per heavy atom. The Hall–Kier alpha value is -2.86. The van der Waals surface area contributed by atoms with Crippen LogP contribution in [0.5, 0.6) is 5.75 Å². The van der Waals surface area contributed by atoms with E-state index < -0.39 is 11.9 Å². The Balaban J connectivity index is 1.97. The second kappa shape index (κ2) is 8.22. The average molecular weight is 368 g/mol. The molecule has 142 valence electrons. The maximum atomic E-state index is 13.2. The summed E-state index contributed by atoms with van der Waals surface area (Å²) in [6.45, 7) is 1.79. The molecular formula is C21H24N2O4. The van der Waals surface area contributed by atoms with Crippen molar-refractivity contribution in [3.05, 3.63) is 65.2 Å². The SMILES string of the molecule is C[C@H](C(N)=O)N(C(=O)c1ccccc1)[C@@H]1CCc2ccc(OCCO)cc21. The summed E-state index contributed by atoms with van der Waals surface area (Å²) in [6.07, 6.45) is 1.53. The molecule has 0 saturated heterocycles. The molecule has 0 aliphatic heterocycles. The second-order valence-electron chi connectivity index (χ2n) is 6.64. The van der Waals surface area contributed by atoms with Crippen LogP contribution in [0.3, 0.4) is 0 Å². The van der Waals surface area contributed by atoms with Gasteiger partial charge in [-0.25, -0.2) is 0 Å². The predicted molar refractivity (Wildman–Crippen MR) is 101 cm³/mol. The molecule has 3 N–H and O–H groups in total. The van der Waals surface area contributed by atoms with Crippen LogP contribution in [0.4, 0.5) is 0 Å². The number of aryl methyl sites for hydroxylation is 1. The number of carbonyl (C=O) groups is 2. The standard InChI is InChI=1S/C21H24N2O4/c1-14(20(22)25)23(21(26)16-5-3-2-4-6-16)19-10-8-15-7-9-17(13-18(15)19)27-12-11-24/h2-7,9,13-14,19,24H,8,10-12H2,1H3,(H2,22,25)/t14-,19-/m1/s1. The Labute approximate surface area is 158 Å². The van der Waals surface area contributed by atoms with E-state index in [2.05, 4.69) is 0 Å². The molecule has 2 amide bonds. The number of nitrogens with two attached hydrogens (primary N) is 1. The summed E-state index contributed by atoms with van der Waals surface area (Å²) in [5, 5.41) is 8.96. The van der Waals surface area contributed by atoms with E-state index in [4.69, 9.17) is 15.6 Å². The van der Waals surface area contributed by atoms with Gasteiger partial charge in [-0.1, -0.05) is 24.3 Å². The van der Waals surface area contributed by atoms with E-state index in [1.54, 1.807) is 36.1 Å². The maximum Gasteiger partial charge on any atom is 0.255 e. The van der Waals surface area contributed by atoms with E-state index >= 15 is 0 Å². The van der Waals surface area contributed by atoms with E-state index in [1.807, 2.05) is 24.3 Å². The fourth-order valence-corrected chi connectivity index (χ4v) is 3.56. The van der Waals surface area contributed by atoms with Gasteiger partial charge < -0.3 is 20.5 Å². The van der Waals surface area contributed by atoms with Gasteiger partial charge in [-0.2, -0.15) is 0 Å². The lowest BCUT2D eigenvalue weighted by Gasteiger charge is -2.34. The van der Waals surface area contributed by atoms with Crippen LogP contribution in [0.15, 0.2) is 48.5 Å². The van der Waals surface area contributed by atoms with Crippen molar-refractivity contribution in [2.24, 2.45) is 5.73 Å². The van der Waals surface area contributed by atoms with Crippen molar-refractivity contribution in [3.8, 4) is 5.75 Å². The van der Waals surface area contributed by atoms with Gasteiger partial charge in [0.2, 0.25) is 5.91 Å². The Kier molecular flexibility index (Phi) is 5.76. The van der Waals surface area contributed by atoms with Crippen LogP contribution < -0.4 is 10.5 Å². The number of hydrogen-bond acceptors (Lipinski definition) is 4. The molecule has 3 rings (SSSR count). The summed E-state index contributed by atoms with van der Waals surface area (Å²) >= 11 is 0. The molecule has 0 heterocycles. The summed E-state index contributed by atoms with van der Waals surface area (Å²) in [4.78, 5) is 26.7. The Morgan fingerprint density at radius 2 is 2.00 bits per heavy atom. The van der Waals surface area contributed by atoms with E-state index in [9.17, 15) is 9.59 Å². The zero-order valence-electron chi connectivity index (χ0n) is 15.3. The molecular weight excluding hydrogens is 344 g/mol. The van der Waals surface area contributed by atoms with Crippen LogP contribution in [0.25, 0.3) is 0 Å². The molecule has 0 fully saturated rings. The van der Waals surface area contributed by atoms with Gasteiger partial charge in [0.1, 0.15) is 18.4 Å². The molecule has 1 aliphatic carbocycles. The van der Waals surface area contributed by atoms with Gasteiger partial charge in [0.05, 0.1) is 12.6 Å². The Morgan fingerprint density at radius 3 is 2.67 bits per heavy atom. The number of ether oxygens (including phenoxy) is 1. The van der Waals surface area contributed by atoms with Crippen molar-refractivity contribution >= 4 is 11.8 Å². The third kappa shape index (κ3) is 3.95. The minimum Gasteiger partial charge on any atom is -0.491 e. The number of aliphatic hydroxyl groups is 1. The molecule has 2 atom stereocenters. The molecule has 0 spiro atoms. The Bertz CT molecular complexity index is 822. The van der Waals surface area contributed by atoms with Crippen molar-refractivity contribution in [2.75, 3.05) is 13.2 Å². The van der Waals surface area contributed by atoms with Gasteiger partial charge in [-0.05, 0) is 55.2 Å². The highest BCUT2D eigenvalue weighted by Gasteiger charge is 2.36. The second-order valence-corrected chi connectivity index (χ2v) is 6.64. The first-order valence-corrected chi connectivity index (χ1v) is 9.06. The third-order valence-corrected chi connectivity index (χ3v) is 4.94. The average Bonchev–Trinajstić information content (AvgIpc) is 3.10. The highest BCUT2D eigenvalue weighted by atomic mass is 16.5. The first kappa shape index (κ1) is 18.9. The quantitative estimate of drug-likeness (QED) is 0.782. The lowest BCUT2D eigenvalue weighted by atomic mass is 10.0. The molecule has 0 aromatic heterocycles. The van der Waals surface area contributed by atoms with E-state index in [1.165, 1.54) is 0 Å². The predicted octanol–water partition coefficient (Wildman–Crippen LogP) is 2.06. The number of primary amides is 1. The van der Waals surface area contributed by atoms with Crippen LogP contribution in [-0.2, 0) is 11.2 Å². The highest BCUT2D eigenvalue weighted by Crippen LogP contribution is 2.39. The molecule has 0 unspecified atom stereocenters. The van der Waals surface area contributed by atoms with Crippen LogP contribution in [0.1, 0.15) is 40.9 Å². The molecule has 27 heavy (non-hydrogen) atoms. The number of rotatable bonds is 7. The van der Waals surface area contributed by atoms with Gasteiger partial charge >= 0.3 is 0 Å². The molecule has 6 nitrogen and oxygen atoms in total. The van der Waals surface area contributed by atoms with Gasteiger partial charge in [-0.3, -0.25) is 9.59 Å². The molecule has 2 aromatic carbocycles. The minimum absolute atomic E-state index is 0.0716. The third-order valence-electron chi connectivity index (χ3n) is 4.94.